The van der Waals surface area contributed by atoms with E-state index in [2.05, 4.69) is 26.2 Å². The molecule has 0 spiro atoms. The van der Waals surface area contributed by atoms with Gasteiger partial charge in [0.15, 0.2) is 0 Å². The van der Waals surface area contributed by atoms with Crippen molar-refractivity contribution in [1.82, 2.24) is 0 Å². The maximum atomic E-state index is 3.80. The Hall–Kier alpha value is -1.56. The largest absolute Gasteiger partial charge is 0.0984 e. The Morgan fingerprint density at radius 3 is 1.93 bits per heavy atom. The fraction of sp³-hybridized carbons (Fsp3) is 0.200. The van der Waals surface area contributed by atoms with Crippen molar-refractivity contribution in [2.24, 2.45) is 0 Å². The highest BCUT2D eigenvalue weighted by molar-refractivity contribution is 5.48. The van der Waals surface area contributed by atoms with Gasteiger partial charge in [-0.1, -0.05) is 68.7 Å². The second-order valence-electron chi connectivity index (χ2n) is 3.01. The normalized spacial score (nSPS) is 13.7. The van der Waals surface area contributed by atoms with Crippen LogP contribution in [0.2, 0.25) is 0 Å². The smallest absolute Gasteiger partial charge is 0.0190 e. The molecular weight excluding hydrogens is 180 g/mol. The van der Waals surface area contributed by atoms with Crippen LogP contribution in [-0.4, -0.2) is 0 Å². The van der Waals surface area contributed by atoms with Crippen LogP contribution in [0.1, 0.15) is 20.3 Å². The molecule has 0 unspecified atom stereocenters. The lowest BCUT2D eigenvalue weighted by Gasteiger charge is -2.00. The highest BCUT2D eigenvalue weighted by atomic mass is 14.0. The van der Waals surface area contributed by atoms with Gasteiger partial charge in [-0.05, 0) is 24.5 Å². The number of hydrogen-bond donors (Lipinski definition) is 0. The molecule has 0 fully saturated rings. The highest BCUT2D eigenvalue weighted by Crippen LogP contribution is 2.12. The van der Waals surface area contributed by atoms with Crippen molar-refractivity contribution in [3.05, 3.63) is 72.9 Å². The van der Waals surface area contributed by atoms with Crippen LogP contribution in [-0.2, 0) is 0 Å². The van der Waals surface area contributed by atoms with Gasteiger partial charge < -0.3 is 0 Å². The van der Waals surface area contributed by atoms with Gasteiger partial charge in [0.05, 0.1) is 0 Å². The van der Waals surface area contributed by atoms with E-state index in [1.54, 1.807) is 0 Å². The molecule has 0 radical (unpaired) electrons. The standard InChI is InChI=1S/C15H20/c1-5-9-11-13-15(8-4)14(7-3)12-10-6-2/h6-13H,3-5H2,1-2H3/b10-6-,11-9-,14-12+,15-13+. The molecule has 0 saturated heterocycles. The molecule has 0 nitrogen and oxygen atoms in total. The summed E-state index contributed by atoms with van der Waals surface area (Å²) in [5.41, 5.74) is 2.18. The van der Waals surface area contributed by atoms with Crippen LogP contribution in [0.5, 0.6) is 0 Å². The summed E-state index contributed by atoms with van der Waals surface area (Å²) in [5, 5.41) is 0. The summed E-state index contributed by atoms with van der Waals surface area (Å²) in [7, 11) is 0. The summed E-state index contributed by atoms with van der Waals surface area (Å²) >= 11 is 0. The molecule has 0 bridgehead atoms. The zero-order chi connectivity index (χ0) is 11.5. The predicted octanol–water partition coefficient (Wildman–Crippen LogP) is 4.75. The second-order valence-corrected chi connectivity index (χ2v) is 3.01. The molecule has 0 aromatic carbocycles. The predicted molar refractivity (Wildman–Crippen MR) is 70.8 cm³/mol. The molecular formula is C15H20. The van der Waals surface area contributed by atoms with Crippen molar-refractivity contribution in [1.29, 1.82) is 0 Å². The van der Waals surface area contributed by atoms with Crippen molar-refractivity contribution < 1.29 is 0 Å². The van der Waals surface area contributed by atoms with Gasteiger partial charge in [-0.2, -0.15) is 0 Å². The molecule has 0 aromatic heterocycles. The molecule has 0 heteroatoms. The van der Waals surface area contributed by atoms with Gasteiger partial charge in [-0.25, -0.2) is 0 Å². The third kappa shape index (κ3) is 5.69. The van der Waals surface area contributed by atoms with E-state index in [9.17, 15) is 0 Å². The van der Waals surface area contributed by atoms with Crippen molar-refractivity contribution in [3.8, 4) is 0 Å². The quantitative estimate of drug-likeness (QED) is 0.543. The molecule has 0 aliphatic rings. The minimum atomic E-state index is 1.04. The number of allylic oxidation sites excluding steroid dienone is 10. The minimum Gasteiger partial charge on any atom is -0.0984 e. The van der Waals surface area contributed by atoms with Gasteiger partial charge in [0.2, 0.25) is 0 Å². The Morgan fingerprint density at radius 1 is 1.00 bits per heavy atom. The molecule has 0 saturated carbocycles. The third-order valence-corrected chi connectivity index (χ3v) is 1.89. The van der Waals surface area contributed by atoms with Crippen molar-refractivity contribution in [3.63, 3.8) is 0 Å². The van der Waals surface area contributed by atoms with Crippen molar-refractivity contribution in [2.45, 2.75) is 20.3 Å². The Bertz CT molecular complexity index is 309. The Morgan fingerprint density at radius 2 is 1.53 bits per heavy atom. The van der Waals surface area contributed by atoms with Crippen LogP contribution in [0.4, 0.5) is 0 Å². The van der Waals surface area contributed by atoms with E-state index in [0.717, 1.165) is 17.6 Å². The molecule has 0 atom stereocenters. The Balaban J connectivity index is 4.91. The van der Waals surface area contributed by atoms with E-state index in [1.165, 1.54) is 0 Å². The lowest BCUT2D eigenvalue weighted by atomic mass is 10.1. The summed E-state index contributed by atoms with van der Waals surface area (Å²) in [4.78, 5) is 0. The molecule has 0 aliphatic heterocycles. The molecule has 0 rings (SSSR count). The van der Waals surface area contributed by atoms with Crippen LogP contribution in [0.3, 0.4) is 0 Å². The summed E-state index contributed by atoms with van der Waals surface area (Å²) < 4.78 is 0. The van der Waals surface area contributed by atoms with E-state index in [0.29, 0.717) is 0 Å². The Labute approximate surface area is 93.7 Å². The first-order valence-electron chi connectivity index (χ1n) is 5.25. The molecule has 0 heterocycles. The molecule has 0 aromatic rings. The molecule has 15 heavy (non-hydrogen) atoms. The van der Waals surface area contributed by atoms with Gasteiger partial charge in [0, 0.05) is 0 Å². The lowest BCUT2D eigenvalue weighted by Crippen LogP contribution is -1.80. The lowest BCUT2D eigenvalue weighted by molar-refractivity contribution is 1.22. The fourth-order valence-corrected chi connectivity index (χ4v) is 1.07. The molecule has 0 N–H and O–H groups in total. The van der Waals surface area contributed by atoms with Crippen LogP contribution in [0.25, 0.3) is 0 Å². The van der Waals surface area contributed by atoms with Crippen LogP contribution in [0, 0.1) is 0 Å². The zero-order valence-corrected chi connectivity index (χ0v) is 9.74. The third-order valence-electron chi connectivity index (χ3n) is 1.89. The molecule has 0 amide bonds. The van der Waals surface area contributed by atoms with E-state index in [-0.39, 0.29) is 0 Å². The zero-order valence-electron chi connectivity index (χ0n) is 9.74. The maximum absolute atomic E-state index is 3.80. The minimum absolute atomic E-state index is 1.04. The van der Waals surface area contributed by atoms with Gasteiger partial charge in [0.25, 0.3) is 0 Å². The second kappa shape index (κ2) is 9.01. The van der Waals surface area contributed by atoms with Crippen LogP contribution in [0.15, 0.2) is 72.9 Å². The van der Waals surface area contributed by atoms with Crippen molar-refractivity contribution >= 4 is 0 Å². The van der Waals surface area contributed by atoms with E-state index in [1.807, 2.05) is 49.5 Å². The van der Waals surface area contributed by atoms with Gasteiger partial charge in [-0.3, -0.25) is 0 Å². The molecule has 80 valence electrons. The van der Waals surface area contributed by atoms with E-state index < -0.39 is 0 Å². The highest BCUT2D eigenvalue weighted by Gasteiger charge is 1.93. The molecule has 0 aliphatic carbocycles. The van der Waals surface area contributed by atoms with E-state index >= 15 is 0 Å². The summed E-state index contributed by atoms with van der Waals surface area (Å²) in [6, 6.07) is 0. The first kappa shape index (κ1) is 13.4. The Kier molecular flexibility index (Phi) is 8.08. The fourth-order valence-electron chi connectivity index (χ4n) is 1.07. The van der Waals surface area contributed by atoms with E-state index in [4.69, 9.17) is 0 Å². The number of rotatable bonds is 6. The monoisotopic (exact) mass is 200 g/mol. The van der Waals surface area contributed by atoms with Gasteiger partial charge in [-0.15, -0.1) is 0 Å². The van der Waals surface area contributed by atoms with Crippen molar-refractivity contribution in [2.75, 3.05) is 0 Å². The van der Waals surface area contributed by atoms with Crippen LogP contribution < -0.4 is 0 Å². The summed E-state index contributed by atoms with van der Waals surface area (Å²) in [5.74, 6) is 0. The summed E-state index contributed by atoms with van der Waals surface area (Å²) in [6.45, 7) is 11.7. The first-order chi connectivity index (χ1) is 7.29. The van der Waals surface area contributed by atoms with Crippen LogP contribution >= 0.6 is 0 Å². The first-order valence-corrected chi connectivity index (χ1v) is 5.25. The maximum Gasteiger partial charge on any atom is -0.0190 e. The summed E-state index contributed by atoms with van der Waals surface area (Å²) in [6.07, 6.45) is 17.0. The average Bonchev–Trinajstić information content (AvgIpc) is 2.27. The number of hydrogen-bond acceptors (Lipinski definition) is 0. The van der Waals surface area contributed by atoms with Gasteiger partial charge >= 0.3 is 0 Å². The SMILES string of the molecule is C=CC(=C\C=C/C)/C(C=C)=C/C=C\CC. The topological polar surface area (TPSA) is 0 Å². The average molecular weight is 200 g/mol. The van der Waals surface area contributed by atoms with Gasteiger partial charge in [0.1, 0.15) is 0 Å².